The maximum absolute atomic E-state index is 12.5. The van der Waals surface area contributed by atoms with E-state index in [1.807, 2.05) is 43.5 Å². The third-order valence-corrected chi connectivity index (χ3v) is 5.46. The predicted octanol–water partition coefficient (Wildman–Crippen LogP) is 4.49. The molecule has 0 aliphatic carbocycles. The zero-order valence-electron chi connectivity index (χ0n) is 14.4. The van der Waals surface area contributed by atoms with Gasteiger partial charge in [0.05, 0.1) is 0 Å². The number of fused-ring (bicyclic) bond motifs is 1. The average Bonchev–Trinajstić information content (AvgIpc) is 3.32. The zero-order chi connectivity index (χ0) is 17.9. The van der Waals surface area contributed by atoms with Crippen molar-refractivity contribution in [3.05, 3.63) is 88.0 Å². The van der Waals surface area contributed by atoms with Crippen molar-refractivity contribution in [1.29, 1.82) is 0 Å². The van der Waals surface area contributed by atoms with Gasteiger partial charge in [0.1, 0.15) is 5.69 Å². The number of carbonyl (C=O) groups is 1. The Morgan fingerprint density at radius 1 is 1.15 bits per heavy atom. The molecule has 5 heteroatoms. The van der Waals surface area contributed by atoms with Gasteiger partial charge < -0.3 is 10.3 Å². The van der Waals surface area contributed by atoms with Crippen molar-refractivity contribution in [3.63, 3.8) is 0 Å². The normalized spacial score (nSPS) is 12.2. The number of hydrogen-bond donors (Lipinski definition) is 2. The number of aromatic amines is 1. The first-order valence-electron chi connectivity index (χ1n) is 8.53. The van der Waals surface area contributed by atoms with Crippen molar-refractivity contribution in [3.8, 4) is 0 Å². The number of para-hydroxylation sites is 1. The van der Waals surface area contributed by atoms with Crippen LogP contribution in [-0.2, 0) is 0 Å². The van der Waals surface area contributed by atoms with Gasteiger partial charge in [0.15, 0.2) is 0 Å². The van der Waals surface area contributed by atoms with Gasteiger partial charge in [-0.05, 0) is 42.1 Å². The van der Waals surface area contributed by atoms with Gasteiger partial charge in [-0.2, -0.15) is 0 Å². The lowest BCUT2D eigenvalue weighted by atomic mass is 9.96. The van der Waals surface area contributed by atoms with Crippen molar-refractivity contribution in [2.45, 2.75) is 12.8 Å². The van der Waals surface area contributed by atoms with E-state index in [1.165, 1.54) is 15.8 Å². The zero-order valence-corrected chi connectivity index (χ0v) is 15.2. The van der Waals surface area contributed by atoms with Gasteiger partial charge >= 0.3 is 0 Å². The molecule has 4 aromatic rings. The quantitative estimate of drug-likeness (QED) is 0.550. The highest BCUT2D eigenvalue weighted by atomic mass is 32.1. The molecular weight excluding hydrogens is 342 g/mol. The molecule has 0 radical (unpaired) electrons. The van der Waals surface area contributed by atoms with Crippen molar-refractivity contribution >= 4 is 28.1 Å². The number of rotatable bonds is 5. The number of nitrogens with one attached hydrogen (secondary N) is 2. The molecule has 3 heterocycles. The SMILES string of the molecule is Cc1cccc(C(=O)NC[C@H](c2cccs2)c2c[nH]c3ccccc23)n1. The minimum absolute atomic E-state index is 0.0971. The summed E-state index contributed by atoms with van der Waals surface area (Å²) >= 11 is 1.71. The summed E-state index contributed by atoms with van der Waals surface area (Å²) in [5.41, 5.74) is 3.59. The Morgan fingerprint density at radius 3 is 2.85 bits per heavy atom. The maximum Gasteiger partial charge on any atom is 0.269 e. The number of thiophene rings is 1. The fourth-order valence-electron chi connectivity index (χ4n) is 3.19. The maximum atomic E-state index is 12.5. The van der Waals surface area contributed by atoms with Crippen LogP contribution in [0.2, 0.25) is 0 Å². The van der Waals surface area contributed by atoms with Crippen LogP contribution in [0.4, 0.5) is 0 Å². The van der Waals surface area contributed by atoms with E-state index in [9.17, 15) is 4.79 Å². The molecule has 0 fully saturated rings. The number of aryl methyl sites for hydroxylation is 1. The van der Waals surface area contributed by atoms with Gasteiger partial charge in [0, 0.05) is 40.1 Å². The Balaban J connectivity index is 1.62. The molecular formula is C21H19N3OS. The number of aromatic nitrogens is 2. The fraction of sp³-hybridized carbons (Fsp3) is 0.143. The number of carbonyl (C=O) groups excluding carboxylic acids is 1. The Labute approximate surface area is 155 Å². The molecule has 0 bridgehead atoms. The molecule has 3 aromatic heterocycles. The second-order valence-corrected chi connectivity index (χ2v) is 7.21. The van der Waals surface area contributed by atoms with Crippen molar-refractivity contribution in [1.82, 2.24) is 15.3 Å². The number of amides is 1. The van der Waals surface area contributed by atoms with Crippen LogP contribution >= 0.6 is 11.3 Å². The van der Waals surface area contributed by atoms with Crippen molar-refractivity contribution in [2.24, 2.45) is 0 Å². The number of benzene rings is 1. The van der Waals surface area contributed by atoms with E-state index < -0.39 is 0 Å². The smallest absolute Gasteiger partial charge is 0.269 e. The molecule has 0 unspecified atom stereocenters. The van der Waals surface area contributed by atoms with Crippen LogP contribution in [-0.4, -0.2) is 22.4 Å². The van der Waals surface area contributed by atoms with Crippen molar-refractivity contribution in [2.75, 3.05) is 6.54 Å². The van der Waals surface area contributed by atoms with Gasteiger partial charge in [-0.1, -0.05) is 30.3 Å². The van der Waals surface area contributed by atoms with Gasteiger partial charge in [-0.3, -0.25) is 4.79 Å². The van der Waals surface area contributed by atoms with Crippen LogP contribution in [0.3, 0.4) is 0 Å². The third-order valence-electron chi connectivity index (χ3n) is 4.47. The summed E-state index contributed by atoms with van der Waals surface area (Å²) in [6.07, 6.45) is 2.05. The lowest BCUT2D eigenvalue weighted by molar-refractivity contribution is 0.0947. The lowest BCUT2D eigenvalue weighted by Crippen LogP contribution is -2.29. The van der Waals surface area contributed by atoms with E-state index in [2.05, 4.69) is 38.9 Å². The summed E-state index contributed by atoms with van der Waals surface area (Å²) in [6.45, 7) is 2.41. The Bertz CT molecular complexity index is 1040. The molecule has 0 aliphatic heterocycles. The molecule has 4 nitrogen and oxygen atoms in total. The number of hydrogen-bond acceptors (Lipinski definition) is 3. The summed E-state index contributed by atoms with van der Waals surface area (Å²) < 4.78 is 0. The molecule has 4 rings (SSSR count). The van der Waals surface area contributed by atoms with Gasteiger partial charge in [-0.25, -0.2) is 4.98 Å². The minimum Gasteiger partial charge on any atom is -0.361 e. The first kappa shape index (κ1) is 16.5. The molecule has 1 atom stereocenters. The molecule has 26 heavy (non-hydrogen) atoms. The van der Waals surface area contributed by atoms with Crippen LogP contribution in [0.25, 0.3) is 10.9 Å². The monoisotopic (exact) mass is 361 g/mol. The topological polar surface area (TPSA) is 57.8 Å². The molecule has 0 saturated heterocycles. The Hall–Kier alpha value is -2.92. The molecule has 2 N–H and O–H groups in total. The van der Waals surface area contributed by atoms with E-state index in [0.717, 1.165) is 11.2 Å². The minimum atomic E-state index is -0.143. The highest BCUT2D eigenvalue weighted by Crippen LogP contribution is 2.32. The Morgan fingerprint density at radius 2 is 2.04 bits per heavy atom. The van der Waals surface area contributed by atoms with Crippen molar-refractivity contribution < 1.29 is 4.79 Å². The molecule has 0 aliphatic rings. The first-order chi connectivity index (χ1) is 12.7. The summed E-state index contributed by atoms with van der Waals surface area (Å²) in [5.74, 6) is -0.0463. The Kier molecular flexibility index (Phi) is 4.54. The van der Waals surface area contributed by atoms with Gasteiger partial charge in [0.25, 0.3) is 5.91 Å². The largest absolute Gasteiger partial charge is 0.361 e. The molecule has 130 valence electrons. The van der Waals surface area contributed by atoms with Gasteiger partial charge in [-0.15, -0.1) is 11.3 Å². The molecule has 1 amide bonds. The van der Waals surface area contributed by atoms with Crippen LogP contribution in [0.15, 0.2) is 66.2 Å². The highest BCUT2D eigenvalue weighted by molar-refractivity contribution is 7.10. The van der Waals surface area contributed by atoms with E-state index >= 15 is 0 Å². The van der Waals surface area contributed by atoms with Gasteiger partial charge in [0.2, 0.25) is 0 Å². The van der Waals surface area contributed by atoms with E-state index in [-0.39, 0.29) is 11.8 Å². The predicted molar refractivity (Wildman–Crippen MR) is 106 cm³/mol. The second-order valence-electron chi connectivity index (χ2n) is 6.23. The fourth-order valence-corrected chi connectivity index (χ4v) is 4.04. The lowest BCUT2D eigenvalue weighted by Gasteiger charge is -2.16. The van der Waals surface area contributed by atoms with Crippen LogP contribution in [0.5, 0.6) is 0 Å². The standard InChI is InChI=1S/C21H19N3OS/c1-14-6-4-9-19(24-14)21(25)23-13-17(20-10-5-11-26-20)16-12-22-18-8-3-2-7-15(16)18/h2-12,17,22H,13H2,1H3,(H,23,25)/t17-/m0/s1. The number of H-pyrrole nitrogens is 1. The van der Waals surface area contributed by atoms with E-state index in [1.54, 1.807) is 17.4 Å². The molecule has 0 saturated carbocycles. The highest BCUT2D eigenvalue weighted by Gasteiger charge is 2.20. The van der Waals surface area contributed by atoms with Crippen LogP contribution in [0, 0.1) is 6.92 Å². The number of nitrogens with zero attached hydrogens (tertiary/aromatic N) is 1. The summed E-state index contributed by atoms with van der Waals surface area (Å²) in [5, 5.41) is 6.32. The summed E-state index contributed by atoms with van der Waals surface area (Å²) in [4.78, 5) is 21.4. The first-order valence-corrected chi connectivity index (χ1v) is 9.41. The summed E-state index contributed by atoms with van der Waals surface area (Å²) in [6, 6.07) is 17.9. The number of pyridine rings is 1. The van der Waals surface area contributed by atoms with Crippen LogP contribution < -0.4 is 5.32 Å². The molecule has 1 aromatic carbocycles. The van der Waals surface area contributed by atoms with Crippen LogP contribution in [0.1, 0.15) is 32.5 Å². The average molecular weight is 361 g/mol. The van der Waals surface area contributed by atoms with E-state index in [4.69, 9.17) is 0 Å². The summed E-state index contributed by atoms with van der Waals surface area (Å²) in [7, 11) is 0. The third kappa shape index (κ3) is 3.26. The van der Waals surface area contributed by atoms with E-state index in [0.29, 0.717) is 12.2 Å². The molecule has 0 spiro atoms. The second kappa shape index (κ2) is 7.14.